The maximum atomic E-state index is 11.4. The first-order valence-electron chi connectivity index (χ1n) is 5.92. The summed E-state index contributed by atoms with van der Waals surface area (Å²) in [5, 5.41) is 13.0. The van der Waals surface area contributed by atoms with Crippen LogP contribution in [-0.4, -0.2) is 43.2 Å². The van der Waals surface area contributed by atoms with Crippen molar-refractivity contribution in [1.82, 2.24) is 5.32 Å². The first-order valence-corrected chi connectivity index (χ1v) is 7.74. The molecule has 0 bridgehead atoms. The van der Waals surface area contributed by atoms with Gasteiger partial charge in [-0.25, -0.2) is 8.42 Å². The van der Waals surface area contributed by atoms with Crippen molar-refractivity contribution in [3.63, 3.8) is 0 Å². The highest BCUT2D eigenvalue weighted by Crippen LogP contribution is 2.37. The first kappa shape index (κ1) is 12.3. The third kappa shape index (κ3) is 2.76. The topological polar surface area (TPSA) is 66.4 Å². The molecule has 16 heavy (non-hydrogen) atoms. The van der Waals surface area contributed by atoms with Crippen molar-refractivity contribution in [2.24, 2.45) is 5.41 Å². The van der Waals surface area contributed by atoms with Gasteiger partial charge in [-0.15, -0.1) is 0 Å². The molecular formula is C11H21NO3S. The number of aliphatic hydroxyl groups excluding tert-OH is 1. The molecular weight excluding hydrogens is 226 g/mol. The summed E-state index contributed by atoms with van der Waals surface area (Å²) in [6.45, 7) is 4.47. The van der Waals surface area contributed by atoms with E-state index >= 15 is 0 Å². The van der Waals surface area contributed by atoms with E-state index in [1.807, 2.05) is 0 Å². The lowest BCUT2D eigenvalue weighted by Gasteiger charge is -2.22. The number of sulfone groups is 1. The van der Waals surface area contributed by atoms with Gasteiger partial charge in [0.05, 0.1) is 17.6 Å². The number of hydrogen-bond donors (Lipinski definition) is 2. The summed E-state index contributed by atoms with van der Waals surface area (Å²) in [4.78, 5) is 0. The maximum absolute atomic E-state index is 11.4. The van der Waals surface area contributed by atoms with Crippen LogP contribution in [0.15, 0.2) is 0 Å². The molecule has 1 saturated heterocycles. The van der Waals surface area contributed by atoms with Gasteiger partial charge < -0.3 is 10.4 Å². The number of rotatable bonds is 2. The summed E-state index contributed by atoms with van der Waals surface area (Å²) in [6.07, 6.45) is 2.58. The molecule has 1 aliphatic carbocycles. The maximum Gasteiger partial charge on any atom is 0.154 e. The van der Waals surface area contributed by atoms with Gasteiger partial charge in [0.15, 0.2) is 9.84 Å². The standard InChI is InChI=1S/C11H21NO3S/c1-11(2)4-3-8(5-11)12-9-6-16(14,15)7-10(9)13/h8-10,12-13H,3-7H2,1-2H3. The van der Waals surface area contributed by atoms with E-state index in [9.17, 15) is 13.5 Å². The summed E-state index contributed by atoms with van der Waals surface area (Å²) in [6, 6.07) is 0.104. The zero-order valence-corrected chi connectivity index (χ0v) is 10.8. The Morgan fingerprint density at radius 1 is 1.31 bits per heavy atom. The molecule has 2 N–H and O–H groups in total. The Hall–Kier alpha value is -0.130. The van der Waals surface area contributed by atoms with E-state index in [4.69, 9.17) is 0 Å². The number of nitrogens with one attached hydrogen (secondary N) is 1. The average molecular weight is 247 g/mol. The van der Waals surface area contributed by atoms with Crippen LogP contribution in [0.2, 0.25) is 0 Å². The van der Waals surface area contributed by atoms with Crippen LogP contribution < -0.4 is 5.32 Å². The Balaban J connectivity index is 1.92. The van der Waals surface area contributed by atoms with Crippen LogP contribution in [0.25, 0.3) is 0 Å². The zero-order valence-electron chi connectivity index (χ0n) is 9.94. The van der Waals surface area contributed by atoms with Crippen molar-refractivity contribution in [1.29, 1.82) is 0 Å². The minimum absolute atomic E-state index is 0.0826. The van der Waals surface area contributed by atoms with Gasteiger partial charge in [0, 0.05) is 12.1 Å². The lowest BCUT2D eigenvalue weighted by atomic mass is 9.92. The molecule has 2 aliphatic rings. The highest BCUT2D eigenvalue weighted by molar-refractivity contribution is 7.91. The normalized spacial score (nSPS) is 41.3. The van der Waals surface area contributed by atoms with Gasteiger partial charge in [0.25, 0.3) is 0 Å². The summed E-state index contributed by atoms with van der Waals surface area (Å²) in [7, 11) is -3.03. The molecule has 3 unspecified atom stereocenters. The molecule has 94 valence electrons. The highest BCUT2D eigenvalue weighted by atomic mass is 32.2. The summed E-state index contributed by atoms with van der Waals surface area (Å²) in [5.41, 5.74) is 0.347. The fraction of sp³-hybridized carbons (Fsp3) is 1.00. The van der Waals surface area contributed by atoms with Crippen LogP contribution >= 0.6 is 0 Å². The van der Waals surface area contributed by atoms with Gasteiger partial charge in [0.1, 0.15) is 0 Å². The average Bonchev–Trinajstić information content (AvgIpc) is 2.53. The van der Waals surface area contributed by atoms with Crippen LogP contribution in [0, 0.1) is 5.41 Å². The molecule has 0 aromatic rings. The fourth-order valence-corrected chi connectivity index (χ4v) is 4.62. The van der Waals surface area contributed by atoms with E-state index in [0.717, 1.165) is 12.8 Å². The molecule has 1 heterocycles. The van der Waals surface area contributed by atoms with Crippen molar-refractivity contribution in [3.05, 3.63) is 0 Å². The Bertz CT molecular complexity index is 363. The summed E-state index contributed by atoms with van der Waals surface area (Å²) >= 11 is 0. The number of hydrogen-bond acceptors (Lipinski definition) is 4. The second-order valence-corrected chi connectivity index (χ2v) is 8.18. The molecule has 2 rings (SSSR count). The third-order valence-electron chi connectivity index (χ3n) is 3.74. The molecule has 0 amide bonds. The summed E-state index contributed by atoms with van der Waals surface area (Å²) in [5.74, 6) is 0.00583. The minimum Gasteiger partial charge on any atom is -0.390 e. The van der Waals surface area contributed by atoms with E-state index < -0.39 is 15.9 Å². The SMILES string of the molecule is CC1(C)CCC(NC2CS(=O)(=O)CC2O)C1. The first-order chi connectivity index (χ1) is 7.27. The molecule has 1 aliphatic heterocycles. The van der Waals surface area contributed by atoms with Crippen LogP contribution in [0.4, 0.5) is 0 Å². The van der Waals surface area contributed by atoms with Crippen molar-refractivity contribution >= 4 is 9.84 Å². The predicted octanol–water partition coefficient (Wildman–Crippen LogP) is 0.313. The second-order valence-electron chi connectivity index (χ2n) is 6.02. The Kier molecular flexibility index (Phi) is 3.05. The monoisotopic (exact) mass is 247 g/mol. The van der Waals surface area contributed by atoms with Gasteiger partial charge in [-0.05, 0) is 24.7 Å². The van der Waals surface area contributed by atoms with E-state index in [1.54, 1.807) is 0 Å². The smallest absolute Gasteiger partial charge is 0.154 e. The van der Waals surface area contributed by atoms with Gasteiger partial charge in [-0.2, -0.15) is 0 Å². The van der Waals surface area contributed by atoms with E-state index in [0.29, 0.717) is 11.5 Å². The van der Waals surface area contributed by atoms with Crippen LogP contribution in [0.1, 0.15) is 33.1 Å². The fourth-order valence-electron chi connectivity index (χ4n) is 2.87. The van der Waals surface area contributed by atoms with Crippen molar-refractivity contribution < 1.29 is 13.5 Å². The van der Waals surface area contributed by atoms with Gasteiger partial charge >= 0.3 is 0 Å². The van der Waals surface area contributed by atoms with E-state index in [2.05, 4.69) is 19.2 Å². The highest BCUT2D eigenvalue weighted by Gasteiger charge is 2.39. The third-order valence-corrected chi connectivity index (χ3v) is 5.46. The van der Waals surface area contributed by atoms with Crippen LogP contribution in [0.3, 0.4) is 0 Å². The largest absolute Gasteiger partial charge is 0.390 e. The summed E-state index contributed by atoms with van der Waals surface area (Å²) < 4.78 is 22.7. The lowest BCUT2D eigenvalue weighted by molar-refractivity contribution is 0.158. The van der Waals surface area contributed by atoms with Gasteiger partial charge in [0.2, 0.25) is 0 Å². The quantitative estimate of drug-likeness (QED) is 0.737. The lowest BCUT2D eigenvalue weighted by Crippen LogP contribution is -2.44. The van der Waals surface area contributed by atoms with Crippen LogP contribution in [-0.2, 0) is 9.84 Å². The minimum atomic E-state index is -3.03. The predicted molar refractivity (Wildman–Crippen MR) is 63.0 cm³/mol. The van der Waals surface area contributed by atoms with Crippen molar-refractivity contribution in [2.75, 3.05) is 11.5 Å². The van der Waals surface area contributed by atoms with E-state index in [1.165, 1.54) is 6.42 Å². The zero-order chi connectivity index (χ0) is 12.0. The molecule has 0 aromatic heterocycles. The molecule has 3 atom stereocenters. The van der Waals surface area contributed by atoms with E-state index in [-0.39, 0.29) is 17.5 Å². The molecule has 1 saturated carbocycles. The Morgan fingerprint density at radius 2 is 2.00 bits per heavy atom. The van der Waals surface area contributed by atoms with Crippen molar-refractivity contribution in [2.45, 2.75) is 51.3 Å². The van der Waals surface area contributed by atoms with Gasteiger partial charge in [-0.3, -0.25) is 0 Å². The number of aliphatic hydroxyl groups is 1. The Labute approximate surface area is 97.3 Å². The van der Waals surface area contributed by atoms with Gasteiger partial charge in [-0.1, -0.05) is 13.8 Å². The van der Waals surface area contributed by atoms with Crippen LogP contribution in [0.5, 0.6) is 0 Å². The molecule has 2 fully saturated rings. The molecule has 0 radical (unpaired) electrons. The Morgan fingerprint density at radius 3 is 2.44 bits per heavy atom. The van der Waals surface area contributed by atoms with Crippen molar-refractivity contribution in [3.8, 4) is 0 Å². The molecule has 0 spiro atoms. The molecule has 4 nitrogen and oxygen atoms in total. The second kappa shape index (κ2) is 3.96. The molecule has 5 heteroatoms. The molecule has 0 aromatic carbocycles.